The Morgan fingerprint density at radius 2 is 1.96 bits per heavy atom. The van der Waals surface area contributed by atoms with Crippen LogP contribution in [0.25, 0.3) is 10.9 Å². The summed E-state index contributed by atoms with van der Waals surface area (Å²) in [6.45, 7) is 2.21. The molecule has 27 heavy (non-hydrogen) atoms. The summed E-state index contributed by atoms with van der Waals surface area (Å²) in [6, 6.07) is 7.00. The van der Waals surface area contributed by atoms with Crippen molar-refractivity contribution in [3.8, 4) is 0 Å². The largest absolute Gasteiger partial charge is 0.390 e. The molecule has 1 amide bonds. The summed E-state index contributed by atoms with van der Waals surface area (Å²) < 4.78 is 0. The van der Waals surface area contributed by atoms with Gasteiger partial charge in [0.2, 0.25) is 5.91 Å². The Labute approximate surface area is 160 Å². The molecule has 2 aromatic rings. The third-order valence-corrected chi connectivity index (χ3v) is 7.19. The van der Waals surface area contributed by atoms with Crippen molar-refractivity contribution < 1.29 is 9.90 Å². The highest BCUT2D eigenvalue weighted by molar-refractivity contribution is 5.87. The molecule has 2 unspecified atom stereocenters. The zero-order chi connectivity index (χ0) is 18.6. The van der Waals surface area contributed by atoms with Gasteiger partial charge in [-0.25, -0.2) is 0 Å². The molecule has 0 spiro atoms. The normalized spacial score (nSPS) is 31.8. The summed E-state index contributed by atoms with van der Waals surface area (Å²) in [4.78, 5) is 18.7. The summed E-state index contributed by atoms with van der Waals surface area (Å²) in [5, 5.41) is 12.1. The van der Waals surface area contributed by atoms with Crippen LogP contribution in [-0.2, 0) is 17.6 Å². The lowest BCUT2D eigenvalue weighted by Gasteiger charge is -2.59. The third-order valence-electron chi connectivity index (χ3n) is 7.19. The average molecular weight is 367 g/mol. The molecule has 0 radical (unpaired) electrons. The zero-order valence-electron chi connectivity index (χ0n) is 16.2. The molecule has 144 valence electrons. The maximum Gasteiger partial charge on any atom is 0.223 e. The lowest BCUT2D eigenvalue weighted by molar-refractivity contribution is -0.174. The molecule has 2 saturated heterocycles. The van der Waals surface area contributed by atoms with Gasteiger partial charge in [0, 0.05) is 35.6 Å². The van der Waals surface area contributed by atoms with Gasteiger partial charge in [0.1, 0.15) is 0 Å². The van der Waals surface area contributed by atoms with Crippen LogP contribution in [0.5, 0.6) is 0 Å². The molecule has 3 heterocycles. The smallest absolute Gasteiger partial charge is 0.223 e. The molecule has 6 rings (SSSR count). The summed E-state index contributed by atoms with van der Waals surface area (Å²) >= 11 is 0. The van der Waals surface area contributed by atoms with Crippen LogP contribution in [0.3, 0.4) is 0 Å². The number of nitrogens with zero attached hydrogens (tertiary/aromatic N) is 1. The number of carbonyl (C=O) groups is 1. The summed E-state index contributed by atoms with van der Waals surface area (Å²) in [6.07, 6.45) is 10.4. The second kappa shape index (κ2) is 6.37. The molecule has 2 atom stereocenters. The van der Waals surface area contributed by atoms with Gasteiger partial charge in [-0.05, 0) is 68.1 Å². The van der Waals surface area contributed by atoms with Crippen molar-refractivity contribution in [3.05, 3.63) is 35.5 Å². The van der Waals surface area contributed by atoms with Crippen molar-refractivity contribution in [2.45, 2.75) is 82.4 Å². The number of aliphatic hydroxyl groups is 1. The van der Waals surface area contributed by atoms with Crippen molar-refractivity contribution in [3.63, 3.8) is 0 Å². The first-order chi connectivity index (χ1) is 13.1. The highest BCUT2D eigenvalue weighted by Gasteiger charge is 2.54. The van der Waals surface area contributed by atoms with E-state index in [0.717, 1.165) is 51.4 Å². The van der Waals surface area contributed by atoms with Gasteiger partial charge >= 0.3 is 0 Å². The maximum atomic E-state index is 13.1. The number of fused-ring (bicyclic) bond motifs is 1. The van der Waals surface area contributed by atoms with E-state index < -0.39 is 5.60 Å². The SMILES string of the molecule is CCCc1cccc2[nH]cc(CCC(=O)N3C4CC5CC3CC(O)(C5)C4)c12. The van der Waals surface area contributed by atoms with Gasteiger partial charge in [-0.3, -0.25) is 4.79 Å². The van der Waals surface area contributed by atoms with Crippen LogP contribution < -0.4 is 0 Å². The first kappa shape index (κ1) is 17.3. The van der Waals surface area contributed by atoms with Crippen molar-refractivity contribution in [1.29, 1.82) is 0 Å². The standard InChI is InChI=1S/C23H30N2O2/c1-2-4-16-5-3-6-20-22(16)17(14-24-20)7-8-21(26)25-18-9-15-10-19(25)13-23(27,11-15)12-18/h3,5-6,14-15,18-19,24,27H,2,4,7-13H2,1H3. The highest BCUT2D eigenvalue weighted by Crippen LogP contribution is 2.51. The molecular formula is C23H30N2O2. The Balaban J connectivity index is 1.32. The number of carbonyl (C=O) groups excluding carboxylic acids is 1. The first-order valence-electron chi connectivity index (χ1n) is 10.7. The van der Waals surface area contributed by atoms with Crippen molar-refractivity contribution in [1.82, 2.24) is 9.88 Å². The second-order valence-corrected chi connectivity index (χ2v) is 9.19. The molecule has 4 aliphatic rings. The molecule has 4 nitrogen and oxygen atoms in total. The number of benzene rings is 1. The number of aryl methyl sites for hydroxylation is 2. The molecule has 2 N–H and O–H groups in total. The van der Waals surface area contributed by atoms with E-state index in [-0.39, 0.29) is 18.0 Å². The number of aromatic nitrogens is 1. The van der Waals surface area contributed by atoms with Crippen molar-refractivity contribution >= 4 is 16.8 Å². The maximum absolute atomic E-state index is 13.1. The topological polar surface area (TPSA) is 56.3 Å². The second-order valence-electron chi connectivity index (χ2n) is 9.19. The van der Waals surface area contributed by atoms with E-state index in [4.69, 9.17) is 0 Å². The minimum atomic E-state index is -0.487. The number of hydrogen-bond donors (Lipinski definition) is 2. The Bertz CT molecular complexity index is 854. The number of H-pyrrole nitrogens is 1. The number of piperidine rings is 2. The van der Waals surface area contributed by atoms with Crippen LogP contribution in [0.2, 0.25) is 0 Å². The van der Waals surface area contributed by atoms with Crippen LogP contribution in [0.4, 0.5) is 0 Å². The molecule has 2 aliphatic carbocycles. The molecule has 2 aliphatic heterocycles. The van der Waals surface area contributed by atoms with Crippen LogP contribution in [0.1, 0.15) is 63.0 Å². The average Bonchev–Trinajstić information content (AvgIpc) is 3.02. The van der Waals surface area contributed by atoms with E-state index in [9.17, 15) is 9.90 Å². The van der Waals surface area contributed by atoms with Gasteiger partial charge in [-0.1, -0.05) is 25.5 Å². The number of hydrogen-bond acceptors (Lipinski definition) is 2. The Hall–Kier alpha value is -1.81. The van der Waals surface area contributed by atoms with Crippen LogP contribution in [-0.4, -0.2) is 38.6 Å². The first-order valence-corrected chi connectivity index (χ1v) is 10.7. The van der Waals surface area contributed by atoms with Gasteiger partial charge in [0.15, 0.2) is 0 Å². The lowest BCUT2D eigenvalue weighted by atomic mass is 9.61. The Morgan fingerprint density at radius 1 is 1.19 bits per heavy atom. The molecule has 4 heteroatoms. The van der Waals surface area contributed by atoms with Gasteiger partial charge in [0.05, 0.1) is 5.60 Å². The molecular weight excluding hydrogens is 336 g/mol. The van der Waals surface area contributed by atoms with E-state index in [2.05, 4.69) is 41.2 Å². The fourth-order valence-electron chi connectivity index (χ4n) is 6.38. The van der Waals surface area contributed by atoms with Crippen LogP contribution >= 0.6 is 0 Å². The van der Waals surface area contributed by atoms with E-state index in [1.165, 1.54) is 22.0 Å². The Morgan fingerprint density at radius 3 is 2.67 bits per heavy atom. The number of amides is 1. The van der Waals surface area contributed by atoms with Gasteiger partial charge in [0.25, 0.3) is 0 Å². The van der Waals surface area contributed by atoms with Crippen molar-refractivity contribution in [2.24, 2.45) is 5.92 Å². The van der Waals surface area contributed by atoms with Gasteiger partial charge < -0.3 is 15.0 Å². The lowest BCUT2D eigenvalue weighted by Crippen LogP contribution is -2.65. The fraction of sp³-hybridized carbons (Fsp3) is 0.609. The monoisotopic (exact) mass is 366 g/mol. The number of rotatable bonds is 5. The molecule has 1 aromatic carbocycles. The summed E-state index contributed by atoms with van der Waals surface area (Å²) in [7, 11) is 0. The van der Waals surface area contributed by atoms with E-state index in [0.29, 0.717) is 12.3 Å². The van der Waals surface area contributed by atoms with E-state index >= 15 is 0 Å². The van der Waals surface area contributed by atoms with E-state index in [1.54, 1.807) is 0 Å². The Kier molecular flexibility index (Phi) is 4.08. The minimum Gasteiger partial charge on any atom is -0.390 e. The van der Waals surface area contributed by atoms with Gasteiger partial charge in [-0.15, -0.1) is 0 Å². The molecule has 4 fully saturated rings. The van der Waals surface area contributed by atoms with E-state index in [1.807, 2.05) is 0 Å². The van der Waals surface area contributed by atoms with Gasteiger partial charge in [-0.2, -0.15) is 0 Å². The van der Waals surface area contributed by atoms with Crippen LogP contribution in [0.15, 0.2) is 24.4 Å². The minimum absolute atomic E-state index is 0.271. The molecule has 1 aromatic heterocycles. The predicted molar refractivity (Wildman–Crippen MR) is 107 cm³/mol. The van der Waals surface area contributed by atoms with Crippen LogP contribution in [0, 0.1) is 5.92 Å². The predicted octanol–water partition coefficient (Wildman–Crippen LogP) is 3.96. The highest BCUT2D eigenvalue weighted by atomic mass is 16.3. The summed E-state index contributed by atoms with van der Waals surface area (Å²) in [5.41, 5.74) is 3.35. The van der Waals surface area contributed by atoms with Crippen molar-refractivity contribution in [2.75, 3.05) is 0 Å². The zero-order valence-corrected chi connectivity index (χ0v) is 16.2. The number of nitrogens with one attached hydrogen (secondary N) is 1. The molecule has 2 saturated carbocycles. The number of aromatic amines is 1. The molecule has 4 bridgehead atoms. The fourth-order valence-corrected chi connectivity index (χ4v) is 6.38. The summed E-state index contributed by atoms with van der Waals surface area (Å²) in [5.74, 6) is 0.913. The quantitative estimate of drug-likeness (QED) is 0.842. The third kappa shape index (κ3) is 2.89.